The third-order valence-corrected chi connectivity index (χ3v) is 8.48. The Labute approximate surface area is 233 Å². The van der Waals surface area contributed by atoms with Crippen molar-refractivity contribution in [2.24, 2.45) is 0 Å². The van der Waals surface area contributed by atoms with Gasteiger partial charge < -0.3 is 5.11 Å². The maximum Gasteiger partial charge on any atom is 0.296 e. The third-order valence-electron chi connectivity index (χ3n) is 6.00. The van der Waals surface area contributed by atoms with Crippen molar-refractivity contribution in [3.8, 4) is 0 Å². The lowest BCUT2D eigenvalue weighted by Gasteiger charge is -2.23. The molecule has 1 amide bonds. The molecule has 1 unspecified atom stereocenters. The molecule has 6 nitrogen and oxygen atoms in total. The Morgan fingerprint density at radius 1 is 1.05 bits per heavy atom. The number of nitrogens with zero attached hydrogens (tertiary/aromatic N) is 3. The predicted molar refractivity (Wildman–Crippen MR) is 152 cm³/mol. The second-order valence-corrected chi connectivity index (χ2v) is 11.2. The van der Waals surface area contributed by atoms with Gasteiger partial charge in [-0.05, 0) is 35.8 Å². The summed E-state index contributed by atoms with van der Waals surface area (Å²) in [5, 5.41) is 20.4. The van der Waals surface area contributed by atoms with E-state index in [1.54, 1.807) is 6.08 Å². The number of allylic oxidation sites excluding steroid dienone is 1. The first-order chi connectivity index (χ1) is 18.4. The Morgan fingerprint density at radius 2 is 1.76 bits per heavy atom. The lowest BCUT2D eigenvalue weighted by atomic mass is 9.95. The summed E-state index contributed by atoms with van der Waals surface area (Å²) >= 11 is 8.95. The molecule has 2 heterocycles. The van der Waals surface area contributed by atoms with E-state index < -0.39 is 23.5 Å². The molecule has 0 fully saturated rings. The van der Waals surface area contributed by atoms with Gasteiger partial charge in [-0.3, -0.25) is 14.5 Å². The van der Waals surface area contributed by atoms with Gasteiger partial charge in [-0.2, -0.15) is 0 Å². The number of aliphatic hydroxyl groups is 1. The molecule has 1 atom stereocenters. The molecule has 1 aliphatic rings. The number of aromatic nitrogens is 2. The summed E-state index contributed by atoms with van der Waals surface area (Å²) in [7, 11) is 0. The number of aliphatic hydroxyl groups excluding tert-OH is 1. The Bertz CT molecular complexity index is 1550. The number of amides is 1. The Balaban J connectivity index is 1.46. The normalized spacial score (nSPS) is 15.6. The van der Waals surface area contributed by atoms with Gasteiger partial charge in [0.1, 0.15) is 0 Å². The first-order valence-electron chi connectivity index (χ1n) is 11.7. The third kappa shape index (κ3) is 5.43. The molecule has 38 heavy (non-hydrogen) atoms. The fraction of sp³-hybridized carbons (Fsp3) is 0.103. The van der Waals surface area contributed by atoms with Crippen molar-refractivity contribution < 1.29 is 14.7 Å². The van der Waals surface area contributed by atoms with Crippen molar-refractivity contribution in [3.05, 3.63) is 124 Å². The summed E-state index contributed by atoms with van der Waals surface area (Å²) in [5.41, 5.74) is 3.52. The molecule has 0 spiro atoms. The van der Waals surface area contributed by atoms with Crippen molar-refractivity contribution >= 4 is 57.6 Å². The van der Waals surface area contributed by atoms with E-state index in [0.717, 1.165) is 16.7 Å². The SMILES string of the molecule is Cc1ccc(C2C(C(=O)/C=C/c3ccccc3)=C(O)C(=O)N2c2nnc(SCc3ccccc3Cl)s2)cc1. The number of thioether (sulfide) groups is 1. The van der Waals surface area contributed by atoms with Gasteiger partial charge in [0.05, 0.1) is 11.6 Å². The molecule has 1 aliphatic heterocycles. The van der Waals surface area contributed by atoms with Crippen LogP contribution in [-0.2, 0) is 15.3 Å². The molecule has 5 rings (SSSR count). The van der Waals surface area contributed by atoms with Crippen LogP contribution in [0.4, 0.5) is 5.13 Å². The molecule has 0 aliphatic carbocycles. The lowest BCUT2D eigenvalue weighted by Crippen LogP contribution is -2.30. The first kappa shape index (κ1) is 25.9. The minimum atomic E-state index is -0.842. The lowest BCUT2D eigenvalue weighted by molar-refractivity contribution is -0.117. The van der Waals surface area contributed by atoms with Crippen molar-refractivity contribution in [2.45, 2.75) is 23.1 Å². The molecule has 0 saturated heterocycles. The maximum absolute atomic E-state index is 13.4. The molecule has 9 heteroatoms. The summed E-state index contributed by atoms with van der Waals surface area (Å²) in [6.07, 6.45) is 3.04. The molecule has 190 valence electrons. The van der Waals surface area contributed by atoms with Crippen LogP contribution in [0.1, 0.15) is 28.3 Å². The quantitative estimate of drug-likeness (QED) is 0.142. The Morgan fingerprint density at radius 3 is 2.50 bits per heavy atom. The summed E-state index contributed by atoms with van der Waals surface area (Å²) in [5.74, 6) is -1.14. The number of hydrogen-bond acceptors (Lipinski definition) is 7. The number of carbonyl (C=O) groups excluding carboxylic acids is 2. The zero-order valence-corrected chi connectivity index (χ0v) is 22.6. The van der Waals surface area contributed by atoms with Crippen molar-refractivity contribution in [1.29, 1.82) is 0 Å². The number of halogens is 1. The average Bonchev–Trinajstić information content (AvgIpc) is 3.50. The molecule has 0 bridgehead atoms. The molecule has 0 saturated carbocycles. The summed E-state index contributed by atoms with van der Waals surface area (Å²) < 4.78 is 0.638. The van der Waals surface area contributed by atoms with Gasteiger partial charge in [0.15, 0.2) is 15.9 Å². The van der Waals surface area contributed by atoms with Gasteiger partial charge >= 0.3 is 0 Å². The maximum atomic E-state index is 13.4. The van der Waals surface area contributed by atoms with E-state index in [0.29, 0.717) is 25.8 Å². The van der Waals surface area contributed by atoms with Crippen LogP contribution >= 0.6 is 34.7 Å². The van der Waals surface area contributed by atoms with Crippen LogP contribution < -0.4 is 4.90 Å². The molecule has 1 aromatic heterocycles. The van der Waals surface area contributed by atoms with E-state index in [-0.39, 0.29) is 5.57 Å². The predicted octanol–water partition coefficient (Wildman–Crippen LogP) is 6.97. The van der Waals surface area contributed by atoms with Crippen LogP contribution in [0, 0.1) is 6.92 Å². The zero-order valence-electron chi connectivity index (χ0n) is 20.2. The molecule has 3 aromatic carbocycles. The van der Waals surface area contributed by atoms with E-state index in [1.165, 1.54) is 34.1 Å². The van der Waals surface area contributed by atoms with Crippen LogP contribution in [0.2, 0.25) is 5.02 Å². The van der Waals surface area contributed by atoms with E-state index in [9.17, 15) is 14.7 Å². The van der Waals surface area contributed by atoms with E-state index in [1.807, 2.05) is 85.8 Å². The van der Waals surface area contributed by atoms with Gasteiger partial charge in [0.2, 0.25) is 5.13 Å². The fourth-order valence-electron chi connectivity index (χ4n) is 4.06. The minimum Gasteiger partial charge on any atom is -0.503 e. The van der Waals surface area contributed by atoms with E-state index in [2.05, 4.69) is 10.2 Å². The van der Waals surface area contributed by atoms with E-state index >= 15 is 0 Å². The van der Waals surface area contributed by atoms with Crippen LogP contribution in [0.25, 0.3) is 6.08 Å². The topological polar surface area (TPSA) is 83.4 Å². The Kier molecular flexibility index (Phi) is 7.74. The first-order valence-corrected chi connectivity index (χ1v) is 13.9. The molecule has 4 aromatic rings. The number of anilines is 1. The van der Waals surface area contributed by atoms with Gasteiger partial charge in [0, 0.05) is 10.8 Å². The summed E-state index contributed by atoms with van der Waals surface area (Å²) in [4.78, 5) is 28.0. The van der Waals surface area contributed by atoms with Gasteiger partial charge in [-0.25, -0.2) is 0 Å². The zero-order chi connectivity index (χ0) is 26.6. The van der Waals surface area contributed by atoms with Crippen molar-refractivity contribution in [3.63, 3.8) is 0 Å². The largest absolute Gasteiger partial charge is 0.503 e. The molecule has 0 radical (unpaired) electrons. The number of ketones is 1. The second kappa shape index (κ2) is 11.3. The molecular weight excluding hydrogens is 538 g/mol. The Hall–Kier alpha value is -3.72. The minimum absolute atomic E-state index is 0.00602. The number of carbonyl (C=O) groups is 2. The monoisotopic (exact) mass is 559 g/mol. The van der Waals surface area contributed by atoms with Crippen molar-refractivity contribution in [1.82, 2.24) is 10.2 Å². The molecule has 1 N–H and O–H groups in total. The fourth-order valence-corrected chi connectivity index (χ4v) is 6.21. The highest BCUT2D eigenvalue weighted by Crippen LogP contribution is 2.43. The number of benzene rings is 3. The standard InChI is InChI=1S/C29H22ClN3O3S2/c1-18-11-14-20(15-12-18)25-24(23(34)16-13-19-7-3-2-4-8-19)26(35)27(36)33(25)28-31-32-29(38-28)37-17-21-9-5-6-10-22(21)30/h2-16,25,35H,17H2,1H3/b16-13+. The van der Waals surface area contributed by atoms with Crippen LogP contribution in [0.5, 0.6) is 0 Å². The van der Waals surface area contributed by atoms with E-state index in [4.69, 9.17) is 11.6 Å². The van der Waals surface area contributed by atoms with Crippen LogP contribution in [0.15, 0.2) is 101 Å². The van der Waals surface area contributed by atoms with Gasteiger partial charge in [-0.1, -0.05) is 119 Å². The summed E-state index contributed by atoms with van der Waals surface area (Å²) in [6.45, 7) is 1.95. The summed E-state index contributed by atoms with van der Waals surface area (Å²) in [6, 6.07) is 23.6. The van der Waals surface area contributed by atoms with Crippen LogP contribution in [0.3, 0.4) is 0 Å². The van der Waals surface area contributed by atoms with Crippen LogP contribution in [-0.4, -0.2) is 27.0 Å². The average molecular weight is 560 g/mol. The second-order valence-electron chi connectivity index (χ2n) is 8.59. The van der Waals surface area contributed by atoms with Gasteiger partial charge in [0.25, 0.3) is 5.91 Å². The number of hydrogen-bond donors (Lipinski definition) is 1. The number of aryl methyl sites for hydroxylation is 1. The highest BCUT2D eigenvalue weighted by molar-refractivity contribution is 8.00. The highest BCUT2D eigenvalue weighted by Gasteiger charge is 2.45. The number of rotatable bonds is 8. The highest BCUT2D eigenvalue weighted by atomic mass is 35.5. The van der Waals surface area contributed by atoms with Crippen molar-refractivity contribution in [2.75, 3.05) is 4.90 Å². The van der Waals surface area contributed by atoms with Gasteiger partial charge in [-0.15, -0.1) is 10.2 Å². The molecular formula is C29H22ClN3O3S2. The smallest absolute Gasteiger partial charge is 0.296 e.